The minimum absolute atomic E-state index is 0.290. The number of benzene rings is 1. The molecule has 1 N–H and O–H groups in total. The molecule has 2 unspecified atom stereocenters. The number of halogens is 2. The highest BCUT2D eigenvalue weighted by Gasteiger charge is 2.22. The molecule has 0 heterocycles. The van der Waals surface area contributed by atoms with Crippen LogP contribution in [0.1, 0.15) is 33.3 Å². The standard InChI is InChI=1S/C15H23F2N/c1-5-18-11(4)13(10(2)3)9-12-7-6-8-14(16)15(12)17/h6-8,10-11,13,18H,5,9H2,1-4H3. The lowest BCUT2D eigenvalue weighted by Gasteiger charge is -2.28. The summed E-state index contributed by atoms with van der Waals surface area (Å²) < 4.78 is 26.9. The third-order valence-corrected chi connectivity index (χ3v) is 3.51. The molecule has 18 heavy (non-hydrogen) atoms. The van der Waals surface area contributed by atoms with Gasteiger partial charge in [-0.2, -0.15) is 0 Å². The van der Waals surface area contributed by atoms with Gasteiger partial charge in [0.2, 0.25) is 0 Å². The van der Waals surface area contributed by atoms with Crippen LogP contribution in [0, 0.1) is 23.5 Å². The van der Waals surface area contributed by atoms with Crippen LogP contribution in [-0.2, 0) is 6.42 Å². The Hall–Kier alpha value is -0.960. The van der Waals surface area contributed by atoms with Crippen LogP contribution in [0.2, 0.25) is 0 Å². The second kappa shape index (κ2) is 6.83. The molecule has 0 aromatic heterocycles. The first-order valence-corrected chi connectivity index (χ1v) is 6.63. The van der Waals surface area contributed by atoms with E-state index in [1.54, 1.807) is 12.1 Å². The first-order valence-electron chi connectivity index (χ1n) is 6.63. The van der Waals surface area contributed by atoms with E-state index in [0.717, 1.165) is 12.6 Å². The van der Waals surface area contributed by atoms with Gasteiger partial charge in [0.25, 0.3) is 0 Å². The van der Waals surface area contributed by atoms with Gasteiger partial charge in [0.15, 0.2) is 11.6 Å². The third-order valence-electron chi connectivity index (χ3n) is 3.51. The summed E-state index contributed by atoms with van der Waals surface area (Å²) in [6.45, 7) is 9.28. The van der Waals surface area contributed by atoms with Crippen molar-refractivity contribution in [2.24, 2.45) is 11.8 Å². The summed E-state index contributed by atoms with van der Waals surface area (Å²) in [4.78, 5) is 0. The molecule has 2 atom stereocenters. The first kappa shape index (κ1) is 15.1. The van der Waals surface area contributed by atoms with Crippen LogP contribution < -0.4 is 5.32 Å². The maximum Gasteiger partial charge on any atom is 0.162 e. The summed E-state index contributed by atoms with van der Waals surface area (Å²) in [6, 6.07) is 4.70. The minimum Gasteiger partial charge on any atom is -0.314 e. The lowest BCUT2D eigenvalue weighted by molar-refractivity contribution is 0.288. The van der Waals surface area contributed by atoms with Crippen molar-refractivity contribution in [2.45, 2.75) is 40.2 Å². The van der Waals surface area contributed by atoms with Crippen molar-refractivity contribution in [2.75, 3.05) is 6.54 Å². The quantitative estimate of drug-likeness (QED) is 0.815. The van der Waals surface area contributed by atoms with Crippen LogP contribution in [0.25, 0.3) is 0 Å². The summed E-state index contributed by atoms with van der Waals surface area (Å²) >= 11 is 0. The van der Waals surface area contributed by atoms with Crippen molar-refractivity contribution in [3.63, 3.8) is 0 Å². The van der Waals surface area contributed by atoms with Crippen molar-refractivity contribution < 1.29 is 8.78 Å². The average Bonchev–Trinajstić information content (AvgIpc) is 2.30. The predicted octanol–water partition coefficient (Wildman–Crippen LogP) is 3.78. The second-order valence-corrected chi connectivity index (χ2v) is 5.17. The van der Waals surface area contributed by atoms with Gasteiger partial charge in [0.1, 0.15) is 0 Å². The maximum absolute atomic E-state index is 13.7. The summed E-state index contributed by atoms with van der Waals surface area (Å²) in [5.41, 5.74) is 0.471. The zero-order chi connectivity index (χ0) is 13.7. The zero-order valence-corrected chi connectivity index (χ0v) is 11.6. The predicted molar refractivity (Wildman–Crippen MR) is 71.5 cm³/mol. The molecule has 0 radical (unpaired) electrons. The van der Waals surface area contributed by atoms with Gasteiger partial charge in [-0.25, -0.2) is 8.78 Å². The van der Waals surface area contributed by atoms with E-state index >= 15 is 0 Å². The Morgan fingerprint density at radius 3 is 2.39 bits per heavy atom. The molecule has 102 valence electrons. The normalized spacial score (nSPS) is 14.8. The van der Waals surface area contributed by atoms with Gasteiger partial charge in [0, 0.05) is 6.04 Å². The molecule has 3 heteroatoms. The highest BCUT2D eigenvalue weighted by atomic mass is 19.2. The lowest BCUT2D eigenvalue weighted by Crippen LogP contribution is -2.37. The molecule has 0 bridgehead atoms. The molecule has 0 aliphatic rings. The van der Waals surface area contributed by atoms with Gasteiger partial charge < -0.3 is 5.32 Å². The molecule has 0 saturated carbocycles. The molecule has 1 aromatic rings. The Kier molecular flexibility index (Phi) is 5.73. The van der Waals surface area contributed by atoms with Crippen LogP contribution in [0.5, 0.6) is 0 Å². The molecule has 0 aliphatic heterocycles. The Morgan fingerprint density at radius 1 is 1.17 bits per heavy atom. The van der Waals surface area contributed by atoms with Crippen molar-refractivity contribution in [1.82, 2.24) is 5.32 Å². The number of rotatable bonds is 6. The largest absolute Gasteiger partial charge is 0.314 e. The van der Waals surface area contributed by atoms with Crippen LogP contribution >= 0.6 is 0 Å². The molecule has 0 fully saturated rings. The monoisotopic (exact) mass is 255 g/mol. The lowest BCUT2D eigenvalue weighted by atomic mass is 9.84. The zero-order valence-electron chi connectivity index (χ0n) is 11.6. The van der Waals surface area contributed by atoms with E-state index in [1.807, 2.05) is 0 Å². The van der Waals surface area contributed by atoms with Gasteiger partial charge in [-0.1, -0.05) is 32.9 Å². The van der Waals surface area contributed by atoms with E-state index in [1.165, 1.54) is 0 Å². The van der Waals surface area contributed by atoms with Crippen molar-refractivity contribution in [3.05, 3.63) is 35.4 Å². The van der Waals surface area contributed by atoms with Gasteiger partial charge in [0.05, 0.1) is 0 Å². The van der Waals surface area contributed by atoms with Crippen LogP contribution in [0.3, 0.4) is 0 Å². The number of hydrogen-bond donors (Lipinski definition) is 1. The number of nitrogens with one attached hydrogen (secondary N) is 1. The van der Waals surface area contributed by atoms with Gasteiger partial charge in [-0.3, -0.25) is 0 Å². The Balaban J connectivity index is 2.86. The summed E-state index contributed by atoms with van der Waals surface area (Å²) in [5.74, 6) is -0.749. The van der Waals surface area contributed by atoms with Crippen molar-refractivity contribution >= 4 is 0 Å². The fraction of sp³-hybridized carbons (Fsp3) is 0.600. The summed E-state index contributed by atoms with van der Waals surface area (Å²) in [5, 5.41) is 3.37. The summed E-state index contributed by atoms with van der Waals surface area (Å²) in [7, 11) is 0. The van der Waals surface area contributed by atoms with E-state index in [4.69, 9.17) is 0 Å². The molecule has 0 amide bonds. The van der Waals surface area contributed by atoms with Gasteiger partial charge >= 0.3 is 0 Å². The molecular formula is C15H23F2N. The molecule has 0 saturated heterocycles. The highest BCUT2D eigenvalue weighted by molar-refractivity contribution is 5.19. The van der Waals surface area contributed by atoms with E-state index in [9.17, 15) is 8.78 Å². The first-order chi connectivity index (χ1) is 8.47. The SMILES string of the molecule is CCNC(C)C(Cc1cccc(F)c1F)C(C)C. The van der Waals surface area contributed by atoms with Gasteiger partial charge in [-0.05, 0) is 43.4 Å². The smallest absolute Gasteiger partial charge is 0.162 e. The van der Waals surface area contributed by atoms with Crippen LogP contribution in [-0.4, -0.2) is 12.6 Å². The average molecular weight is 255 g/mol. The summed E-state index contributed by atoms with van der Waals surface area (Å²) in [6.07, 6.45) is 0.565. The Labute approximate surface area is 109 Å². The van der Waals surface area contributed by atoms with Crippen LogP contribution in [0.15, 0.2) is 18.2 Å². The molecular weight excluding hydrogens is 232 g/mol. The molecule has 0 spiro atoms. The maximum atomic E-state index is 13.7. The third kappa shape index (κ3) is 3.77. The Morgan fingerprint density at radius 2 is 1.83 bits per heavy atom. The van der Waals surface area contributed by atoms with E-state index in [2.05, 4.69) is 33.0 Å². The van der Waals surface area contributed by atoms with E-state index < -0.39 is 11.6 Å². The molecule has 1 rings (SSSR count). The Bertz CT molecular complexity index is 377. The fourth-order valence-electron chi connectivity index (χ4n) is 2.42. The minimum atomic E-state index is -0.758. The van der Waals surface area contributed by atoms with Crippen molar-refractivity contribution in [3.8, 4) is 0 Å². The molecule has 1 aromatic carbocycles. The molecule has 1 nitrogen and oxygen atoms in total. The highest BCUT2D eigenvalue weighted by Crippen LogP contribution is 2.23. The second-order valence-electron chi connectivity index (χ2n) is 5.17. The molecule has 0 aliphatic carbocycles. The van der Waals surface area contributed by atoms with Crippen LogP contribution in [0.4, 0.5) is 8.78 Å². The van der Waals surface area contributed by atoms with Crippen molar-refractivity contribution in [1.29, 1.82) is 0 Å². The van der Waals surface area contributed by atoms with E-state index in [-0.39, 0.29) is 6.04 Å². The van der Waals surface area contributed by atoms with Gasteiger partial charge in [-0.15, -0.1) is 0 Å². The fourth-order valence-corrected chi connectivity index (χ4v) is 2.42. The topological polar surface area (TPSA) is 12.0 Å². The number of hydrogen-bond acceptors (Lipinski definition) is 1. The van der Waals surface area contributed by atoms with E-state index in [0.29, 0.717) is 23.8 Å².